The molecule has 0 bridgehead atoms. The van der Waals surface area contributed by atoms with Crippen LogP contribution in [0.15, 0.2) is 18.5 Å². The molecule has 3 rings (SSSR count). The van der Waals surface area contributed by atoms with Crippen molar-refractivity contribution in [1.29, 1.82) is 0 Å². The van der Waals surface area contributed by atoms with Crippen molar-refractivity contribution in [3.63, 3.8) is 0 Å². The SMILES string of the molecule is Cc1cc(OCC2CCOCC2)c2ncnc(C)c2c1. The number of aryl methyl sites for hydroxylation is 2. The molecule has 106 valence electrons. The van der Waals surface area contributed by atoms with E-state index in [-0.39, 0.29) is 0 Å². The largest absolute Gasteiger partial charge is 0.491 e. The summed E-state index contributed by atoms with van der Waals surface area (Å²) in [5.74, 6) is 1.46. The average molecular weight is 272 g/mol. The number of ether oxygens (including phenoxy) is 2. The third kappa shape index (κ3) is 2.75. The van der Waals surface area contributed by atoms with Crippen molar-refractivity contribution in [2.75, 3.05) is 19.8 Å². The van der Waals surface area contributed by atoms with E-state index >= 15 is 0 Å². The second-order valence-corrected chi connectivity index (χ2v) is 5.49. The van der Waals surface area contributed by atoms with Crippen molar-refractivity contribution in [2.24, 2.45) is 5.92 Å². The van der Waals surface area contributed by atoms with Crippen molar-refractivity contribution in [3.8, 4) is 5.75 Å². The van der Waals surface area contributed by atoms with Gasteiger partial charge in [-0.3, -0.25) is 0 Å². The Balaban J connectivity index is 1.85. The Labute approximate surface area is 119 Å². The van der Waals surface area contributed by atoms with Crippen LogP contribution in [0.4, 0.5) is 0 Å². The Kier molecular flexibility index (Phi) is 3.83. The minimum atomic E-state index is 0.585. The molecule has 1 saturated heterocycles. The highest BCUT2D eigenvalue weighted by molar-refractivity contribution is 5.86. The maximum Gasteiger partial charge on any atom is 0.145 e. The number of rotatable bonds is 3. The molecule has 1 aliphatic heterocycles. The molecule has 1 aliphatic rings. The van der Waals surface area contributed by atoms with Gasteiger partial charge in [0.05, 0.1) is 6.61 Å². The second kappa shape index (κ2) is 5.75. The average Bonchev–Trinajstić information content (AvgIpc) is 2.47. The highest BCUT2D eigenvalue weighted by Gasteiger charge is 2.15. The van der Waals surface area contributed by atoms with Crippen molar-refractivity contribution in [3.05, 3.63) is 29.7 Å². The summed E-state index contributed by atoms with van der Waals surface area (Å²) in [4.78, 5) is 8.64. The van der Waals surface area contributed by atoms with E-state index in [0.29, 0.717) is 5.92 Å². The molecule has 2 aromatic rings. The van der Waals surface area contributed by atoms with E-state index in [1.54, 1.807) is 6.33 Å². The number of fused-ring (bicyclic) bond motifs is 1. The number of hydrogen-bond acceptors (Lipinski definition) is 4. The van der Waals surface area contributed by atoms with Crippen molar-refractivity contribution in [2.45, 2.75) is 26.7 Å². The molecule has 0 radical (unpaired) electrons. The standard InChI is InChI=1S/C16H20N2O2/c1-11-7-14-12(2)17-10-18-16(14)15(8-11)20-9-13-3-5-19-6-4-13/h7-8,10,13H,3-6,9H2,1-2H3. The summed E-state index contributed by atoms with van der Waals surface area (Å²) < 4.78 is 11.4. The van der Waals surface area contributed by atoms with Crippen LogP contribution in [0.1, 0.15) is 24.1 Å². The normalized spacial score (nSPS) is 16.5. The first-order chi connectivity index (χ1) is 9.74. The van der Waals surface area contributed by atoms with Crippen LogP contribution < -0.4 is 4.74 Å². The molecule has 4 heteroatoms. The van der Waals surface area contributed by atoms with Gasteiger partial charge >= 0.3 is 0 Å². The first-order valence-electron chi connectivity index (χ1n) is 7.16. The zero-order valence-corrected chi connectivity index (χ0v) is 12.1. The summed E-state index contributed by atoms with van der Waals surface area (Å²) >= 11 is 0. The van der Waals surface area contributed by atoms with Gasteiger partial charge in [-0.15, -0.1) is 0 Å². The lowest BCUT2D eigenvalue weighted by Gasteiger charge is -2.22. The summed E-state index contributed by atoms with van der Waals surface area (Å²) in [5.41, 5.74) is 3.09. The molecule has 1 fully saturated rings. The molecular formula is C16H20N2O2. The van der Waals surface area contributed by atoms with E-state index in [4.69, 9.17) is 9.47 Å². The minimum Gasteiger partial charge on any atom is -0.491 e. The summed E-state index contributed by atoms with van der Waals surface area (Å²) in [6.07, 6.45) is 3.77. The summed E-state index contributed by atoms with van der Waals surface area (Å²) in [7, 11) is 0. The van der Waals surface area contributed by atoms with Gasteiger partial charge in [0, 0.05) is 24.3 Å². The van der Waals surface area contributed by atoms with Crippen molar-refractivity contribution < 1.29 is 9.47 Å². The summed E-state index contributed by atoms with van der Waals surface area (Å²) in [6.45, 7) is 6.53. The molecule has 2 heterocycles. The van der Waals surface area contributed by atoms with E-state index in [1.165, 1.54) is 5.56 Å². The van der Waals surface area contributed by atoms with Crippen LogP contribution in [-0.2, 0) is 4.74 Å². The Morgan fingerprint density at radius 1 is 1.20 bits per heavy atom. The van der Waals surface area contributed by atoms with Crippen LogP contribution >= 0.6 is 0 Å². The third-order valence-electron chi connectivity index (χ3n) is 3.86. The van der Waals surface area contributed by atoms with E-state index in [1.807, 2.05) is 6.92 Å². The van der Waals surface area contributed by atoms with Gasteiger partial charge in [0.25, 0.3) is 0 Å². The van der Waals surface area contributed by atoms with Crippen LogP contribution in [0.3, 0.4) is 0 Å². The molecule has 4 nitrogen and oxygen atoms in total. The van der Waals surface area contributed by atoms with E-state index in [9.17, 15) is 0 Å². The molecule has 20 heavy (non-hydrogen) atoms. The van der Waals surface area contributed by atoms with Crippen molar-refractivity contribution >= 4 is 10.9 Å². The van der Waals surface area contributed by atoms with Crippen LogP contribution in [0.25, 0.3) is 10.9 Å². The Hall–Kier alpha value is -1.68. The van der Waals surface area contributed by atoms with E-state index in [2.05, 4.69) is 29.0 Å². The first kappa shape index (κ1) is 13.3. The minimum absolute atomic E-state index is 0.585. The van der Waals surface area contributed by atoms with E-state index < -0.39 is 0 Å². The Bertz CT molecular complexity index is 607. The van der Waals surface area contributed by atoms with Gasteiger partial charge < -0.3 is 9.47 Å². The van der Waals surface area contributed by atoms with Crippen LogP contribution in [0.2, 0.25) is 0 Å². The predicted molar refractivity (Wildman–Crippen MR) is 78.1 cm³/mol. The second-order valence-electron chi connectivity index (χ2n) is 5.49. The highest BCUT2D eigenvalue weighted by Crippen LogP contribution is 2.28. The molecule has 0 saturated carbocycles. The van der Waals surface area contributed by atoms with Gasteiger partial charge in [0.1, 0.15) is 17.6 Å². The molecule has 0 amide bonds. The van der Waals surface area contributed by atoms with Gasteiger partial charge in [-0.25, -0.2) is 9.97 Å². The molecule has 0 atom stereocenters. The van der Waals surface area contributed by atoms with Gasteiger partial charge in [0.15, 0.2) is 0 Å². The van der Waals surface area contributed by atoms with Gasteiger partial charge in [-0.05, 0) is 50.3 Å². The van der Waals surface area contributed by atoms with Crippen molar-refractivity contribution in [1.82, 2.24) is 9.97 Å². The molecule has 1 aromatic heterocycles. The summed E-state index contributed by atoms with van der Waals surface area (Å²) in [5, 5.41) is 1.08. The Morgan fingerprint density at radius 3 is 2.80 bits per heavy atom. The van der Waals surface area contributed by atoms with Gasteiger partial charge in [-0.2, -0.15) is 0 Å². The quantitative estimate of drug-likeness (QED) is 0.861. The first-order valence-corrected chi connectivity index (χ1v) is 7.16. The molecule has 0 N–H and O–H groups in total. The zero-order chi connectivity index (χ0) is 13.9. The number of hydrogen-bond donors (Lipinski definition) is 0. The molecule has 1 aromatic carbocycles. The maximum absolute atomic E-state index is 6.05. The van der Waals surface area contributed by atoms with E-state index in [0.717, 1.165) is 55.0 Å². The number of aromatic nitrogens is 2. The summed E-state index contributed by atoms with van der Waals surface area (Å²) in [6, 6.07) is 4.18. The monoisotopic (exact) mass is 272 g/mol. The lowest BCUT2D eigenvalue weighted by Crippen LogP contribution is -2.21. The maximum atomic E-state index is 6.05. The lowest BCUT2D eigenvalue weighted by molar-refractivity contribution is 0.0499. The fourth-order valence-corrected chi connectivity index (χ4v) is 2.63. The lowest BCUT2D eigenvalue weighted by atomic mass is 10.0. The van der Waals surface area contributed by atoms with Crippen LogP contribution in [-0.4, -0.2) is 29.8 Å². The number of nitrogens with zero attached hydrogens (tertiary/aromatic N) is 2. The zero-order valence-electron chi connectivity index (χ0n) is 12.1. The fraction of sp³-hybridized carbons (Fsp3) is 0.500. The smallest absolute Gasteiger partial charge is 0.145 e. The molecule has 0 unspecified atom stereocenters. The topological polar surface area (TPSA) is 44.2 Å². The third-order valence-corrected chi connectivity index (χ3v) is 3.86. The fourth-order valence-electron chi connectivity index (χ4n) is 2.63. The predicted octanol–water partition coefficient (Wildman–Crippen LogP) is 3.05. The molecule has 0 spiro atoms. The number of benzene rings is 1. The van der Waals surface area contributed by atoms with Gasteiger partial charge in [-0.1, -0.05) is 0 Å². The Morgan fingerprint density at radius 2 is 2.00 bits per heavy atom. The van der Waals surface area contributed by atoms with Gasteiger partial charge in [0.2, 0.25) is 0 Å². The molecule has 0 aliphatic carbocycles. The molecular weight excluding hydrogens is 252 g/mol. The van der Waals surface area contributed by atoms with Crippen LogP contribution in [0, 0.1) is 19.8 Å². The highest BCUT2D eigenvalue weighted by atomic mass is 16.5. The van der Waals surface area contributed by atoms with Crippen LogP contribution in [0.5, 0.6) is 5.75 Å².